The van der Waals surface area contributed by atoms with Crippen LogP contribution >= 0.6 is 0 Å². The molecule has 0 radical (unpaired) electrons. The molecule has 0 amide bonds. The molecule has 0 aliphatic rings. The van der Waals surface area contributed by atoms with E-state index >= 15 is 0 Å². The van der Waals surface area contributed by atoms with Crippen LogP contribution in [-0.2, 0) is 11.3 Å². The highest BCUT2D eigenvalue weighted by molar-refractivity contribution is 5.88. The van der Waals surface area contributed by atoms with Crippen LogP contribution in [0.2, 0.25) is 0 Å². The normalized spacial score (nSPS) is 9.78. The Balaban J connectivity index is 2.94. The van der Waals surface area contributed by atoms with Crippen molar-refractivity contribution in [2.75, 3.05) is 6.61 Å². The van der Waals surface area contributed by atoms with Crippen LogP contribution in [-0.4, -0.2) is 22.1 Å². The van der Waals surface area contributed by atoms with Gasteiger partial charge in [-0.2, -0.15) is 5.26 Å². The Kier molecular flexibility index (Phi) is 4.87. The third-order valence-corrected chi connectivity index (χ3v) is 2.27. The maximum Gasteiger partial charge on any atom is 0.355 e. The number of aromatic nitrogens is 1. The van der Waals surface area contributed by atoms with E-state index < -0.39 is 10.9 Å². The van der Waals surface area contributed by atoms with Crippen molar-refractivity contribution in [3.8, 4) is 6.07 Å². The second kappa shape index (κ2) is 6.39. The summed E-state index contributed by atoms with van der Waals surface area (Å²) in [6.07, 6.45) is 2.13. The topological polar surface area (TPSA) is 98.2 Å². The smallest absolute Gasteiger partial charge is 0.355 e. The molecular formula is C11H13N3O4. The van der Waals surface area contributed by atoms with Crippen molar-refractivity contribution >= 4 is 11.7 Å². The Morgan fingerprint density at radius 1 is 1.67 bits per heavy atom. The fraction of sp³-hybridized carbons (Fsp3) is 0.455. The average Bonchev–Trinajstić information content (AvgIpc) is 2.74. The summed E-state index contributed by atoms with van der Waals surface area (Å²) >= 11 is 0. The van der Waals surface area contributed by atoms with E-state index in [-0.39, 0.29) is 18.0 Å². The molecule has 0 spiro atoms. The molecule has 18 heavy (non-hydrogen) atoms. The fourth-order valence-corrected chi connectivity index (χ4v) is 1.48. The molecule has 7 heteroatoms. The molecule has 0 unspecified atom stereocenters. The number of esters is 1. The number of unbranched alkanes of at least 4 members (excludes halogenated alkanes) is 1. The van der Waals surface area contributed by atoms with Crippen LogP contribution in [0.3, 0.4) is 0 Å². The number of nitrogens with zero attached hydrogens (tertiary/aromatic N) is 3. The molecule has 0 bridgehead atoms. The van der Waals surface area contributed by atoms with Crippen molar-refractivity contribution < 1.29 is 14.5 Å². The van der Waals surface area contributed by atoms with Crippen molar-refractivity contribution in [1.29, 1.82) is 5.26 Å². The van der Waals surface area contributed by atoms with Crippen LogP contribution in [0.15, 0.2) is 12.3 Å². The molecular weight excluding hydrogens is 238 g/mol. The molecule has 96 valence electrons. The minimum absolute atomic E-state index is 0.140. The van der Waals surface area contributed by atoms with Crippen LogP contribution in [0.25, 0.3) is 0 Å². The third kappa shape index (κ3) is 3.31. The van der Waals surface area contributed by atoms with Gasteiger partial charge in [0.05, 0.1) is 23.8 Å². The first-order valence-corrected chi connectivity index (χ1v) is 5.48. The van der Waals surface area contributed by atoms with Crippen molar-refractivity contribution in [1.82, 2.24) is 4.57 Å². The Labute approximate surface area is 104 Å². The third-order valence-electron chi connectivity index (χ3n) is 2.27. The molecule has 0 fully saturated rings. The zero-order chi connectivity index (χ0) is 13.5. The van der Waals surface area contributed by atoms with Crippen molar-refractivity contribution in [2.45, 2.75) is 26.3 Å². The number of carbonyl (C=O) groups excluding carboxylic acids is 1. The second-order valence-corrected chi connectivity index (χ2v) is 3.52. The molecule has 0 saturated carbocycles. The highest BCUT2D eigenvalue weighted by Crippen LogP contribution is 2.18. The monoisotopic (exact) mass is 251 g/mol. The maximum absolute atomic E-state index is 11.6. The predicted molar refractivity (Wildman–Crippen MR) is 61.9 cm³/mol. The molecule has 0 aliphatic heterocycles. The largest absolute Gasteiger partial charge is 0.461 e. The van der Waals surface area contributed by atoms with E-state index in [2.05, 4.69) is 0 Å². The van der Waals surface area contributed by atoms with Gasteiger partial charge in [-0.25, -0.2) is 4.79 Å². The first kappa shape index (κ1) is 13.7. The maximum atomic E-state index is 11.6. The molecule has 1 rings (SSSR count). The van der Waals surface area contributed by atoms with Gasteiger partial charge in [0.2, 0.25) is 0 Å². The zero-order valence-electron chi connectivity index (χ0n) is 9.96. The Hall–Kier alpha value is -2.36. The van der Waals surface area contributed by atoms with Gasteiger partial charge in [-0.05, 0) is 13.3 Å². The van der Waals surface area contributed by atoms with Crippen LogP contribution < -0.4 is 0 Å². The van der Waals surface area contributed by atoms with Crippen LogP contribution in [0.4, 0.5) is 5.69 Å². The van der Waals surface area contributed by atoms with Gasteiger partial charge >= 0.3 is 5.97 Å². The molecule has 0 saturated heterocycles. The lowest BCUT2D eigenvalue weighted by atomic mass is 10.3. The summed E-state index contributed by atoms with van der Waals surface area (Å²) in [5.41, 5.74) is -0.0171. The standard InChI is InChI=1S/C11H13N3O4/c1-2-18-11(15)10-7-9(14(16)17)8-13(10)6-4-3-5-12/h7-8H,2-4,6H2,1H3. The lowest BCUT2D eigenvalue weighted by molar-refractivity contribution is -0.384. The van der Waals surface area contributed by atoms with E-state index in [1.165, 1.54) is 16.8 Å². The number of aryl methyl sites for hydroxylation is 1. The van der Waals surface area contributed by atoms with Crippen LogP contribution in [0.1, 0.15) is 30.3 Å². The molecule has 1 aromatic heterocycles. The summed E-state index contributed by atoms with van der Waals surface area (Å²) in [6.45, 7) is 2.24. The lowest BCUT2D eigenvalue weighted by Gasteiger charge is -2.06. The van der Waals surface area contributed by atoms with E-state index in [4.69, 9.17) is 10.00 Å². The van der Waals surface area contributed by atoms with E-state index in [1.54, 1.807) is 6.92 Å². The number of rotatable bonds is 6. The van der Waals surface area contributed by atoms with Crippen molar-refractivity contribution in [2.24, 2.45) is 0 Å². The minimum Gasteiger partial charge on any atom is -0.461 e. The summed E-state index contributed by atoms with van der Waals surface area (Å²) in [5, 5.41) is 19.1. The highest BCUT2D eigenvalue weighted by atomic mass is 16.6. The van der Waals surface area contributed by atoms with E-state index in [0.29, 0.717) is 19.4 Å². The van der Waals surface area contributed by atoms with Gasteiger partial charge in [-0.3, -0.25) is 10.1 Å². The summed E-state index contributed by atoms with van der Waals surface area (Å²) in [4.78, 5) is 21.7. The number of ether oxygens (including phenoxy) is 1. The second-order valence-electron chi connectivity index (χ2n) is 3.52. The van der Waals surface area contributed by atoms with Gasteiger partial charge in [-0.15, -0.1) is 0 Å². The Morgan fingerprint density at radius 3 is 2.94 bits per heavy atom. The van der Waals surface area contributed by atoms with Crippen LogP contribution in [0, 0.1) is 21.4 Å². The summed E-state index contributed by atoms with van der Waals surface area (Å²) in [7, 11) is 0. The number of nitro groups is 1. The quantitative estimate of drug-likeness (QED) is 0.332. The number of nitriles is 1. The number of hydrogen-bond acceptors (Lipinski definition) is 5. The molecule has 0 atom stereocenters. The van der Waals surface area contributed by atoms with Crippen molar-refractivity contribution in [3.05, 3.63) is 28.1 Å². The van der Waals surface area contributed by atoms with Gasteiger partial charge in [0, 0.05) is 19.0 Å². The first-order chi connectivity index (χ1) is 8.60. The summed E-state index contributed by atoms with van der Waals surface area (Å²) in [6, 6.07) is 3.16. The molecule has 0 aliphatic carbocycles. The summed E-state index contributed by atoms with van der Waals surface area (Å²) in [5.74, 6) is -0.595. The Bertz CT molecular complexity index is 487. The van der Waals surface area contributed by atoms with E-state index in [0.717, 1.165) is 0 Å². The highest BCUT2D eigenvalue weighted by Gasteiger charge is 2.19. The molecule has 0 N–H and O–H groups in total. The average molecular weight is 251 g/mol. The van der Waals surface area contributed by atoms with E-state index in [1.807, 2.05) is 6.07 Å². The van der Waals surface area contributed by atoms with Gasteiger partial charge in [0.1, 0.15) is 5.69 Å². The molecule has 7 nitrogen and oxygen atoms in total. The van der Waals surface area contributed by atoms with Gasteiger partial charge < -0.3 is 9.30 Å². The van der Waals surface area contributed by atoms with Crippen molar-refractivity contribution in [3.63, 3.8) is 0 Å². The van der Waals surface area contributed by atoms with Gasteiger partial charge in [0.25, 0.3) is 5.69 Å². The van der Waals surface area contributed by atoms with E-state index in [9.17, 15) is 14.9 Å². The first-order valence-electron chi connectivity index (χ1n) is 5.48. The lowest BCUT2D eigenvalue weighted by Crippen LogP contribution is -2.11. The Morgan fingerprint density at radius 2 is 2.39 bits per heavy atom. The SMILES string of the molecule is CCOC(=O)c1cc([N+](=O)[O-])cn1CCCC#N. The number of carbonyl (C=O) groups is 1. The van der Waals surface area contributed by atoms with Crippen LogP contribution in [0.5, 0.6) is 0 Å². The molecule has 0 aromatic carbocycles. The zero-order valence-corrected chi connectivity index (χ0v) is 9.96. The predicted octanol–water partition coefficient (Wildman–Crippen LogP) is 1.88. The number of hydrogen-bond donors (Lipinski definition) is 0. The van der Waals surface area contributed by atoms with Gasteiger partial charge in [-0.1, -0.05) is 0 Å². The summed E-state index contributed by atoms with van der Waals surface area (Å²) < 4.78 is 6.27. The molecule has 1 aromatic rings. The minimum atomic E-state index is -0.595. The molecule has 1 heterocycles. The fourth-order valence-electron chi connectivity index (χ4n) is 1.48. The van der Waals surface area contributed by atoms with Gasteiger partial charge in [0.15, 0.2) is 0 Å².